The lowest BCUT2D eigenvalue weighted by Gasteiger charge is -2.24. The molecule has 0 aliphatic rings. The number of aryl methyl sites for hydroxylation is 2. The van der Waals surface area contributed by atoms with E-state index in [2.05, 4.69) is 5.32 Å². The molecule has 1 N–H and O–H groups in total. The maximum Gasteiger partial charge on any atom is 0.238 e. The highest BCUT2D eigenvalue weighted by Crippen LogP contribution is 2.21. The summed E-state index contributed by atoms with van der Waals surface area (Å²) >= 11 is 0. The van der Waals surface area contributed by atoms with E-state index >= 15 is 0 Å². The lowest BCUT2D eigenvalue weighted by molar-refractivity contribution is 0.576. The fraction of sp³-hybridized carbons (Fsp3) is 0.538. The number of nitrogens with zero attached hydrogens (tertiary/aromatic N) is 1. The number of nitrogens with one attached hydrogen (secondary N) is 1. The highest BCUT2D eigenvalue weighted by atomic mass is 32.2. The molecule has 0 bridgehead atoms. The number of sulfonamides is 1. The number of benzene rings is 1. The van der Waals surface area contributed by atoms with Gasteiger partial charge in [-0.3, -0.25) is 4.31 Å². The SMILES string of the molecule is CNCC(C)S(=O)(=O)N(C)c1cc(C)cc(C)c1. The minimum atomic E-state index is -3.32. The van der Waals surface area contributed by atoms with Crippen LogP contribution in [0.25, 0.3) is 0 Å². The Labute approximate surface area is 110 Å². The summed E-state index contributed by atoms with van der Waals surface area (Å²) in [6, 6.07) is 5.80. The molecule has 0 saturated heterocycles. The van der Waals surface area contributed by atoms with Gasteiger partial charge >= 0.3 is 0 Å². The van der Waals surface area contributed by atoms with Crippen LogP contribution >= 0.6 is 0 Å². The predicted octanol–water partition coefficient (Wildman–Crippen LogP) is 1.68. The van der Waals surface area contributed by atoms with E-state index in [0.717, 1.165) is 16.8 Å². The van der Waals surface area contributed by atoms with Gasteiger partial charge in [-0.2, -0.15) is 0 Å². The van der Waals surface area contributed by atoms with E-state index in [4.69, 9.17) is 0 Å². The van der Waals surface area contributed by atoms with Gasteiger partial charge in [0.05, 0.1) is 10.9 Å². The van der Waals surface area contributed by atoms with Crippen molar-refractivity contribution in [2.45, 2.75) is 26.0 Å². The molecule has 0 heterocycles. The molecule has 0 spiro atoms. The first-order valence-corrected chi connectivity index (χ1v) is 7.50. The van der Waals surface area contributed by atoms with E-state index in [9.17, 15) is 8.42 Å². The van der Waals surface area contributed by atoms with Crippen molar-refractivity contribution in [3.63, 3.8) is 0 Å². The van der Waals surface area contributed by atoms with Gasteiger partial charge in [0.2, 0.25) is 10.0 Å². The molecule has 1 unspecified atom stereocenters. The van der Waals surface area contributed by atoms with Crippen molar-refractivity contribution in [2.75, 3.05) is 24.9 Å². The predicted molar refractivity (Wildman–Crippen MR) is 76.6 cm³/mol. The maximum atomic E-state index is 12.3. The third-order valence-electron chi connectivity index (χ3n) is 2.95. The Balaban J connectivity index is 3.09. The second-order valence-electron chi connectivity index (χ2n) is 4.73. The summed E-state index contributed by atoms with van der Waals surface area (Å²) in [5.41, 5.74) is 2.84. The van der Waals surface area contributed by atoms with Crippen LogP contribution in [-0.4, -0.2) is 34.3 Å². The molecule has 18 heavy (non-hydrogen) atoms. The van der Waals surface area contributed by atoms with Crippen molar-refractivity contribution in [2.24, 2.45) is 0 Å². The standard InChI is InChI=1S/C13H22N2O2S/c1-10-6-11(2)8-13(7-10)15(5)18(16,17)12(3)9-14-4/h6-8,12,14H,9H2,1-5H3. The number of anilines is 1. The second-order valence-corrected chi connectivity index (χ2v) is 7.11. The largest absolute Gasteiger partial charge is 0.318 e. The van der Waals surface area contributed by atoms with Crippen molar-refractivity contribution in [3.05, 3.63) is 29.3 Å². The molecule has 1 atom stereocenters. The van der Waals surface area contributed by atoms with E-state index in [0.29, 0.717) is 6.54 Å². The molecule has 0 amide bonds. The van der Waals surface area contributed by atoms with Gasteiger partial charge in [0.15, 0.2) is 0 Å². The van der Waals surface area contributed by atoms with Gasteiger partial charge in [-0.1, -0.05) is 6.07 Å². The molecule has 0 aromatic heterocycles. The molecule has 1 aromatic rings. The molecule has 102 valence electrons. The smallest absolute Gasteiger partial charge is 0.238 e. The molecule has 4 nitrogen and oxygen atoms in total. The van der Waals surface area contributed by atoms with Crippen molar-refractivity contribution in [3.8, 4) is 0 Å². The first kappa shape index (κ1) is 15.0. The third-order valence-corrected chi connectivity index (χ3v) is 5.11. The van der Waals surface area contributed by atoms with Crippen LogP contribution in [0.15, 0.2) is 18.2 Å². The number of hydrogen-bond donors (Lipinski definition) is 1. The Morgan fingerprint density at radius 1 is 1.22 bits per heavy atom. The highest BCUT2D eigenvalue weighted by Gasteiger charge is 2.25. The second kappa shape index (κ2) is 5.71. The Morgan fingerprint density at radius 3 is 2.17 bits per heavy atom. The molecular weight excluding hydrogens is 248 g/mol. The van der Waals surface area contributed by atoms with E-state index < -0.39 is 15.3 Å². The van der Waals surface area contributed by atoms with E-state index in [-0.39, 0.29) is 0 Å². The van der Waals surface area contributed by atoms with Crippen LogP contribution in [0.5, 0.6) is 0 Å². The van der Waals surface area contributed by atoms with Gasteiger partial charge in [-0.25, -0.2) is 8.42 Å². The Morgan fingerprint density at radius 2 is 1.72 bits per heavy atom. The third kappa shape index (κ3) is 3.23. The minimum Gasteiger partial charge on any atom is -0.318 e. The summed E-state index contributed by atoms with van der Waals surface area (Å²) in [6.07, 6.45) is 0. The van der Waals surface area contributed by atoms with Crippen molar-refractivity contribution in [1.82, 2.24) is 5.32 Å². The van der Waals surface area contributed by atoms with Crippen LogP contribution < -0.4 is 9.62 Å². The van der Waals surface area contributed by atoms with Crippen molar-refractivity contribution in [1.29, 1.82) is 0 Å². The Bertz CT molecular complexity index is 491. The number of hydrogen-bond acceptors (Lipinski definition) is 3. The molecular formula is C13H22N2O2S. The lowest BCUT2D eigenvalue weighted by atomic mass is 10.1. The molecule has 0 saturated carbocycles. The molecule has 5 heteroatoms. The average Bonchev–Trinajstić information content (AvgIpc) is 2.26. The fourth-order valence-electron chi connectivity index (χ4n) is 1.94. The highest BCUT2D eigenvalue weighted by molar-refractivity contribution is 7.93. The van der Waals surface area contributed by atoms with Gasteiger partial charge < -0.3 is 5.32 Å². The summed E-state index contributed by atoms with van der Waals surface area (Å²) in [5.74, 6) is 0. The summed E-state index contributed by atoms with van der Waals surface area (Å²) < 4.78 is 26.0. The van der Waals surface area contributed by atoms with Crippen LogP contribution in [0.2, 0.25) is 0 Å². The molecule has 1 aromatic carbocycles. The van der Waals surface area contributed by atoms with Crippen LogP contribution in [0.3, 0.4) is 0 Å². The molecule has 0 aliphatic carbocycles. The van der Waals surface area contributed by atoms with E-state index in [1.165, 1.54) is 4.31 Å². The topological polar surface area (TPSA) is 49.4 Å². The maximum absolute atomic E-state index is 12.3. The normalized spacial score (nSPS) is 13.4. The summed E-state index contributed by atoms with van der Waals surface area (Å²) in [7, 11) is 0.0428. The molecule has 0 aliphatic heterocycles. The zero-order valence-corrected chi connectivity index (χ0v) is 12.5. The molecule has 0 radical (unpaired) electrons. The monoisotopic (exact) mass is 270 g/mol. The molecule has 0 fully saturated rings. The van der Waals surface area contributed by atoms with Crippen LogP contribution in [-0.2, 0) is 10.0 Å². The minimum absolute atomic E-state index is 0.442. The van der Waals surface area contributed by atoms with Crippen molar-refractivity contribution >= 4 is 15.7 Å². The van der Waals surface area contributed by atoms with E-state index in [1.807, 2.05) is 32.0 Å². The zero-order chi connectivity index (χ0) is 13.9. The zero-order valence-electron chi connectivity index (χ0n) is 11.7. The van der Waals surface area contributed by atoms with Crippen LogP contribution in [0.4, 0.5) is 5.69 Å². The van der Waals surface area contributed by atoms with Gasteiger partial charge in [-0.15, -0.1) is 0 Å². The first-order valence-electron chi connectivity index (χ1n) is 5.99. The fourth-order valence-corrected chi connectivity index (χ4v) is 3.26. The van der Waals surface area contributed by atoms with Gasteiger partial charge in [0.1, 0.15) is 0 Å². The quantitative estimate of drug-likeness (QED) is 0.885. The molecule has 1 rings (SSSR count). The van der Waals surface area contributed by atoms with Crippen LogP contribution in [0.1, 0.15) is 18.1 Å². The Hall–Kier alpha value is -1.07. The van der Waals surface area contributed by atoms with E-state index in [1.54, 1.807) is 21.0 Å². The van der Waals surface area contributed by atoms with Crippen molar-refractivity contribution < 1.29 is 8.42 Å². The van der Waals surface area contributed by atoms with Gasteiger partial charge in [0.25, 0.3) is 0 Å². The lowest BCUT2D eigenvalue weighted by Crippen LogP contribution is -2.39. The Kier molecular flexibility index (Phi) is 4.76. The number of rotatable bonds is 5. The first-order chi connectivity index (χ1) is 8.28. The summed E-state index contributed by atoms with van der Waals surface area (Å²) in [6.45, 7) is 6.09. The summed E-state index contributed by atoms with van der Waals surface area (Å²) in [4.78, 5) is 0. The van der Waals surface area contributed by atoms with Gasteiger partial charge in [0, 0.05) is 13.6 Å². The summed E-state index contributed by atoms with van der Waals surface area (Å²) in [5, 5.41) is 2.45. The van der Waals surface area contributed by atoms with Crippen LogP contribution in [0, 0.1) is 13.8 Å². The van der Waals surface area contributed by atoms with Gasteiger partial charge in [-0.05, 0) is 51.1 Å². The average molecular weight is 270 g/mol.